The largest absolute Gasteiger partial charge is 0.455 e. The normalized spacial score (nSPS) is 20.3. The highest BCUT2D eigenvalue weighted by atomic mass is 16.5. The van der Waals surface area contributed by atoms with E-state index >= 15 is 0 Å². The van der Waals surface area contributed by atoms with Gasteiger partial charge in [-0.15, -0.1) is 0 Å². The van der Waals surface area contributed by atoms with Crippen LogP contribution in [0.3, 0.4) is 0 Å². The van der Waals surface area contributed by atoms with Crippen molar-refractivity contribution in [3.05, 3.63) is 53.7 Å². The average Bonchev–Trinajstić information content (AvgIpc) is 3.10. The number of aromatic nitrogens is 1. The van der Waals surface area contributed by atoms with Gasteiger partial charge in [0.15, 0.2) is 5.76 Å². The number of rotatable bonds is 7. The van der Waals surface area contributed by atoms with E-state index in [1.807, 2.05) is 43.3 Å². The molecule has 26 heavy (non-hydrogen) atoms. The second-order valence-electron chi connectivity index (χ2n) is 6.62. The van der Waals surface area contributed by atoms with Crippen LogP contribution in [0.15, 0.2) is 40.9 Å². The van der Waals surface area contributed by atoms with Crippen LogP contribution in [0.4, 0.5) is 0 Å². The van der Waals surface area contributed by atoms with Gasteiger partial charge in [0, 0.05) is 12.8 Å². The summed E-state index contributed by atoms with van der Waals surface area (Å²) >= 11 is 0. The minimum Gasteiger partial charge on any atom is -0.455 e. The molecule has 140 valence electrons. The van der Waals surface area contributed by atoms with E-state index in [0.717, 1.165) is 17.9 Å². The molecule has 3 rings (SSSR count). The van der Waals surface area contributed by atoms with Crippen LogP contribution in [0, 0.1) is 0 Å². The predicted octanol–water partition coefficient (Wildman–Crippen LogP) is 1.84. The summed E-state index contributed by atoms with van der Waals surface area (Å²) in [6.45, 7) is 2.10. The average molecular weight is 359 g/mol. The summed E-state index contributed by atoms with van der Waals surface area (Å²) in [6, 6.07) is 9.01. The zero-order valence-corrected chi connectivity index (χ0v) is 15.2. The second-order valence-corrected chi connectivity index (χ2v) is 6.62. The molecule has 0 saturated carbocycles. The molecule has 1 N–H and O–H groups in total. The molecule has 1 amide bonds. The van der Waals surface area contributed by atoms with Gasteiger partial charge < -0.3 is 24.1 Å². The molecule has 0 aromatic carbocycles. The number of hydrogen-bond acceptors (Lipinski definition) is 6. The molecule has 1 aliphatic rings. The van der Waals surface area contributed by atoms with Crippen LogP contribution in [0.2, 0.25) is 0 Å². The van der Waals surface area contributed by atoms with Gasteiger partial charge in [-0.25, -0.2) is 0 Å². The van der Waals surface area contributed by atoms with E-state index < -0.39 is 0 Å². The van der Waals surface area contributed by atoms with Gasteiger partial charge in [-0.2, -0.15) is 0 Å². The van der Waals surface area contributed by atoms with Crippen LogP contribution in [0.1, 0.15) is 28.4 Å². The van der Waals surface area contributed by atoms with Crippen LogP contribution in [-0.4, -0.2) is 55.2 Å². The number of hydrogen-bond donors (Lipinski definition) is 1. The molecule has 2 aromatic heterocycles. The summed E-state index contributed by atoms with van der Waals surface area (Å²) in [5.41, 5.74) is 0.864. The monoisotopic (exact) mass is 359 g/mol. The maximum Gasteiger partial charge on any atom is 0.287 e. The number of furan rings is 1. The van der Waals surface area contributed by atoms with Crippen LogP contribution in [0.25, 0.3) is 0 Å². The zero-order chi connectivity index (χ0) is 18.4. The van der Waals surface area contributed by atoms with Crippen LogP contribution < -0.4 is 5.32 Å². The minimum atomic E-state index is -0.253. The number of nitrogens with one attached hydrogen (secondary N) is 1. The van der Waals surface area contributed by atoms with Gasteiger partial charge in [0.1, 0.15) is 5.76 Å². The van der Waals surface area contributed by atoms with Crippen molar-refractivity contribution >= 4 is 5.91 Å². The Morgan fingerprint density at radius 2 is 2.23 bits per heavy atom. The third-order valence-electron chi connectivity index (χ3n) is 4.14. The molecule has 0 aliphatic carbocycles. The third-order valence-corrected chi connectivity index (χ3v) is 4.14. The number of carbonyl (C=O) groups excluding carboxylic acids is 1. The molecule has 0 radical (unpaired) electrons. The summed E-state index contributed by atoms with van der Waals surface area (Å²) in [4.78, 5) is 18.7. The summed E-state index contributed by atoms with van der Waals surface area (Å²) in [5.74, 6) is 0.802. The fourth-order valence-electron chi connectivity index (χ4n) is 2.86. The standard InChI is InChI=1S/C19H25N3O4/c1-22(2)11-15-6-7-18(26-15)19(23)21-16-13-24-10-8-17(16)25-12-14-5-3-4-9-20-14/h3-7,9,16-17H,8,10-13H2,1-2H3,(H,21,23)/t16-,17-/m1/s1. The summed E-state index contributed by atoms with van der Waals surface area (Å²) in [5, 5.41) is 2.97. The quantitative estimate of drug-likeness (QED) is 0.813. The lowest BCUT2D eigenvalue weighted by molar-refractivity contribution is -0.0614. The van der Waals surface area contributed by atoms with Crippen LogP contribution >= 0.6 is 0 Å². The van der Waals surface area contributed by atoms with E-state index in [0.29, 0.717) is 32.1 Å². The maximum absolute atomic E-state index is 12.5. The van der Waals surface area contributed by atoms with Crippen molar-refractivity contribution in [3.8, 4) is 0 Å². The SMILES string of the molecule is CN(C)Cc1ccc(C(=O)N[C@@H]2COCC[C@H]2OCc2ccccn2)o1. The third kappa shape index (κ3) is 5.14. The Hall–Kier alpha value is -2.22. The Balaban J connectivity index is 1.57. The molecule has 1 fully saturated rings. The molecule has 1 aliphatic heterocycles. The van der Waals surface area contributed by atoms with Crippen molar-refractivity contribution in [1.82, 2.24) is 15.2 Å². The summed E-state index contributed by atoms with van der Waals surface area (Å²) in [6.07, 6.45) is 2.34. The van der Waals surface area contributed by atoms with Gasteiger partial charge in [-0.3, -0.25) is 9.78 Å². The van der Waals surface area contributed by atoms with Crippen molar-refractivity contribution in [1.29, 1.82) is 0 Å². The Kier molecular flexibility index (Phi) is 6.38. The van der Waals surface area contributed by atoms with Crippen LogP contribution in [0.5, 0.6) is 0 Å². The van der Waals surface area contributed by atoms with E-state index in [2.05, 4.69) is 10.3 Å². The second kappa shape index (κ2) is 8.93. The van der Waals surface area contributed by atoms with Crippen molar-refractivity contribution in [3.63, 3.8) is 0 Å². The van der Waals surface area contributed by atoms with Gasteiger partial charge in [-0.05, 0) is 44.8 Å². The Morgan fingerprint density at radius 3 is 3.00 bits per heavy atom. The van der Waals surface area contributed by atoms with E-state index in [1.54, 1.807) is 12.3 Å². The van der Waals surface area contributed by atoms with Crippen molar-refractivity contribution in [2.45, 2.75) is 31.7 Å². The maximum atomic E-state index is 12.5. The molecule has 2 atom stereocenters. The first kappa shape index (κ1) is 18.6. The fraction of sp³-hybridized carbons (Fsp3) is 0.474. The first-order valence-electron chi connectivity index (χ1n) is 8.75. The Bertz CT molecular complexity index is 702. The predicted molar refractivity (Wildman–Crippen MR) is 95.6 cm³/mol. The van der Waals surface area contributed by atoms with Crippen molar-refractivity contribution < 1.29 is 18.7 Å². The summed E-state index contributed by atoms with van der Waals surface area (Å²) in [7, 11) is 3.90. The number of pyridine rings is 1. The number of nitrogens with zero attached hydrogens (tertiary/aromatic N) is 2. The van der Waals surface area contributed by atoms with Crippen molar-refractivity contribution in [2.75, 3.05) is 27.3 Å². The lowest BCUT2D eigenvalue weighted by atomic mass is 10.1. The van der Waals surface area contributed by atoms with Gasteiger partial charge in [0.05, 0.1) is 37.6 Å². The first-order valence-corrected chi connectivity index (χ1v) is 8.75. The van der Waals surface area contributed by atoms with Crippen LogP contribution in [-0.2, 0) is 22.6 Å². The Morgan fingerprint density at radius 1 is 1.35 bits per heavy atom. The first-order chi connectivity index (χ1) is 12.6. The van der Waals surface area contributed by atoms with Gasteiger partial charge >= 0.3 is 0 Å². The number of ether oxygens (including phenoxy) is 2. The lowest BCUT2D eigenvalue weighted by Crippen LogP contribution is -2.50. The molecule has 2 aromatic rings. The molecule has 0 spiro atoms. The highest BCUT2D eigenvalue weighted by Crippen LogP contribution is 2.16. The fourth-order valence-corrected chi connectivity index (χ4v) is 2.86. The van der Waals surface area contributed by atoms with Gasteiger partial charge in [0.25, 0.3) is 5.91 Å². The van der Waals surface area contributed by atoms with Gasteiger partial charge in [-0.1, -0.05) is 6.07 Å². The molecular weight excluding hydrogens is 334 g/mol. The molecule has 3 heterocycles. The molecular formula is C19H25N3O4. The Labute approximate surface area is 153 Å². The van der Waals surface area contributed by atoms with E-state index in [1.165, 1.54) is 0 Å². The lowest BCUT2D eigenvalue weighted by Gasteiger charge is -2.31. The molecule has 0 bridgehead atoms. The summed E-state index contributed by atoms with van der Waals surface area (Å²) < 4.78 is 17.1. The molecule has 1 saturated heterocycles. The minimum absolute atomic E-state index is 0.120. The smallest absolute Gasteiger partial charge is 0.287 e. The highest BCUT2D eigenvalue weighted by molar-refractivity contribution is 5.91. The van der Waals surface area contributed by atoms with Crippen molar-refractivity contribution in [2.24, 2.45) is 0 Å². The molecule has 7 nitrogen and oxygen atoms in total. The number of carbonyl (C=O) groups is 1. The van der Waals surface area contributed by atoms with E-state index in [4.69, 9.17) is 13.9 Å². The molecule has 7 heteroatoms. The van der Waals surface area contributed by atoms with Gasteiger partial charge in [0.2, 0.25) is 0 Å². The van der Waals surface area contributed by atoms with E-state index in [-0.39, 0.29) is 18.1 Å². The topological polar surface area (TPSA) is 76.8 Å². The zero-order valence-electron chi connectivity index (χ0n) is 15.2. The van der Waals surface area contributed by atoms with E-state index in [9.17, 15) is 4.79 Å². The molecule has 0 unspecified atom stereocenters. The number of amides is 1. The highest BCUT2D eigenvalue weighted by Gasteiger charge is 2.29.